The van der Waals surface area contributed by atoms with Crippen molar-refractivity contribution in [1.82, 2.24) is 19.7 Å². The number of piperidine rings is 1. The highest BCUT2D eigenvalue weighted by Crippen LogP contribution is 2.41. The number of carbonyl (C=O) groups excluding carboxylic acids is 1. The maximum atomic E-state index is 12.2. The summed E-state index contributed by atoms with van der Waals surface area (Å²) in [5, 5.41) is 13.0. The summed E-state index contributed by atoms with van der Waals surface area (Å²) in [6.45, 7) is 4.36. The quantitative estimate of drug-likeness (QED) is 0.738. The molecule has 2 fully saturated rings. The van der Waals surface area contributed by atoms with E-state index in [0.29, 0.717) is 16.9 Å². The van der Waals surface area contributed by atoms with Crippen LogP contribution in [0, 0.1) is 5.92 Å². The van der Waals surface area contributed by atoms with Crippen molar-refractivity contribution < 1.29 is 4.79 Å². The van der Waals surface area contributed by atoms with Crippen LogP contribution in [0.15, 0.2) is 23.5 Å². The van der Waals surface area contributed by atoms with Crippen LogP contribution in [0.4, 0.5) is 11.8 Å². The van der Waals surface area contributed by atoms with Gasteiger partial charge in [-0.1, -0.05) is 30.3 Å². The smallest absolute Gasteiger partial charge is 0.236 e. The number of rotatable bonds is 6. The van der Waals surface area contributed by atoms with Crippen LogP contribution >= 0.6 is 23.4 Å². The maximum absolute atomic E-state index is 12.2. The number of halogens is 1. The molecule has 0 atom stereocenters. The van der Waals surface area contributed by atoms with E-state index in [-0.39, 0.29) is 11.7 Å². The fourth-order valence-corrected chi connectivity index (χ4v) is 4.12. The van der Waals surface area contributed by atoms with E-state index in [2.05, 4.69) is 36.9 Å². The summed E-state index contributed by atoms with van der Waals surface area (Å²) in [7, 11) is 0. The summed E-state index contributed by atoms with van der Waals surface area (Å²) < 4.78 is 2.23. The SMILES string of the molecule is CC1CCN(c2nnc(SCC(=O)Nc3ccc(Cl)cn3)n2C2CC2)CC1. The van der Waals surface area contributed by atoms with Gasteiger partial charge < -0.3 is 10.2 Å². The van der Waals surface area contributed by atoms with Crippen molar-refractivity contribution in [3.8, 4) is 0 Å². The third kappa shape index (κ3) is 4.55. The third-order valence-electron chi connectivity index (χ3n) is 4.95. The minimum absolute atomic E-state index is 0.117. The molecule has 1 saturated carbocycles. The summed E-state index contributed by atoms with van der Waals surface area (Å²) in [5.41, 5.74) is 0. The molecule has 1 aliphatic carbocycles. The highest BCUT2D eigenvalue weighted by molar-refractivity contribution is 7.99. The van der Waals surface area contributed by atoms with Crippen LogP contribution < -0.4 is 10.2 Å². The van der Waals surface area contributed by atoms with Gasteiger partial charge in [0.25, 0.3) is 0 Å². The normalized spacial score (nSPS) is 17.9. The second-order valence-corrected chi connectivity index (χ2v) is 8.63. The zero-order chi connectivity index (χ0) is 18.8. The Bertz CT molecular complexity index is 799. The number of carbonyl (C=O) groups is 1. The van der Waals surface area contributed by atoms with E-state index in [9.17, 15) is 4.79 Å². The van der Waals surface area contributed by atoms with Gasteiger partial charge in [0.2, 0.25) is 11.9 Å². The first-order valence-electron chi connectivity index (χ1n) is 9.34. The Morgan fingerprint density at radius 3 is 2.70 bits per heavy atom. The first-order chi connectivity index (χ1) is 13.1. The molecule has 27 heavy (non-hydrogen) atoms. The van der Waals surface area contributed by atoms with Crippen LogP contribution in [0.2, 0.25) is 5.02 Å². The van der Waals surface area contributed by atoms with Crippen molar-refractivity contribution in [2.45, 2.75) is 43.8 Å². The van der Waals surface area contributed by atoms with E-state index in [1.54, 1.807) is 12.1 Å². The summed E-state index contributed by atoms with van der Waals surface area (Å²) in [6, 6.07) is 3.86. The van der Waals surface area contributed by atoms with Gasteiger partial charge in [0.1, 0.15) is 5.82 Å². The van der Waals surface area contributed by atoms with E-state index in [1.807, 2.05) is 0 Å². The van der Waals surface area contributed by atoms with Gasteiger partial charge in [0.05, 0.1) is 10.8 Å². The van der Waals surface area contributed by atoms with Crippen LogP contribution in [0.25, 0.3) is 0 Å². The molecular weight excluding hydrogens is 384 g/mol. The van der Waals surface area contributed by atoms with Crippen molar-refractivity contribution in [1.29, 1.82) is 0 Å². The lowest BCUT2D eigenvalue weighted by Gasteiger charge is -2.31. The van der Waals surface area contributed by atoms with Gasteiger partial charge in [-0.25, -0.2) is 4.98 Å². The number of nitrogens with zero attached hydrogens (tertiary/aromatic N) is 5. The number of nitrogens with one attached hydrogen (secondary N) is 1. The van der Waals surface area contributed by atoms with Crippen molar-refractivity contribution in [2.24, 2.45) is 5.92 Å². The molecule has 1 amide bonds. The molecule has 0 spiro atoms. The standard InChI is InChI=1S/C18H23ClN6OS/c1-12-6-8-24(9-7-12)17-22-23-18(25(17)14-3-4-14)27-11-16(26)21-15-5-2-13(19)10-20-15/h2,5,10,12,14H,3-4,6-9,11H2,1H3,(H,20,21,26). The summed E-state index contributed by atoms with van der Waals surface area (Å²) >= 11 is 7.24. The van der Waals surface area contributed by atoms with Gasteiger partial charge in [-0.05, 0) is 43.7 Å². The molecule has 0 bridgehead atoms. The van der Waals surface area contributed by atoms with Crippen LogP contribution in [-0.4, -0.2) is 44.5 Å². The van der Waals surface area contributed by atoms with E-state index in [4.69, 9.17) is 11.6 Å². The molecule has 2 aliphatic rings. The molecule has 1 saturated heterocycles. The highest BCUT2D eigenvalue weighted by atomic mass is 35.5. The summed E-state index contributed by atoms with van der Waals surface area (Å²) in [5.74, 6) is 2.39. The zero-order valence-electron chi connectivity index (χ0n) is 15.3. The zero-order valence-corrected chi connectivity index (χ0v) is 16.8. The van der Waals surface area contributed by atoms with Gasteiger partial charge in [0, 0.05) is 25.3 Å². The molecule has 7 nitrogen and oxygen atoms in total. The van der Waals surface area contributed by atoms with E-state index >= 15 is 0 Å². The second kappa shape index (κ2) is 8.06. The lowest BCUT2D eigenvalue weighted by Crippen LogP contribution is -2.34. The molecule has 1 N–H and O–H groups in total. The molecule has 9 heteroatoms. The van der Waals surface area contributed by atoms with Crippen molar-refractivity contribution in [3.05, 3.63) is 23.4 Å². The Labute approximate surface area is 167 Å². The Kier molecular flexibility index (Phi) is 5.54. The van der Waals surface area contributed by atoms with Gasteiger partial charge in [-0.15, -0.1) is 10.2 Å². The molecule has 4 rings (SSSR count). The fraction of sp³-hybridized carbons (Fsp3) is 0.556. The average molecular weight is 407 g/mol. The predicted octanol–water partition coefficient (Wildman–Crippen LogP) is 3.63. The van der Waals surface area contributed by atoms with Gasteiger partial charge in [-0.3, -0.25) is 9.36 Å². The minimum Gasteiger partial charge on any atom is -0.341 e. The van der Waals surface area contributed by atoms with Crippen molar-refractivity contribution in [2.75, 3.05) is 29.1 Å². The van der Waals surface area contributed by atoms with E-state index in [0.717, 1.165) is 43.0 Å². The lowest BCUT2D eigenvalue weighted by atomic mass is 10.00. The Hall–Kier alpha value is -1.80. The second-order valence-electron chi connectivity index (χ2n) is 7.25. The Morgan fingerprint density at radius 2 is 2.04 bits per heavy atom. The fourth-order valence-electron chi connectivity index (χ4n) is 3.20. The molecule has 0 unspecified atom stereocenters. The minimum atomic E-state index is -0.117. The lowest BCUT2D eigenvalue weighted by molar-refractivity contribution is -0.113. The Morgan fingerprint density at radius 1 is 1.26 bits per heavy atom. The topological polar surface area (TPSA) is 75.9 Å². The number of hydrogen-bond acceptors (Lipinski definition) is 6. The molecule has 144 valence electrons. The molecule has 1 aliphatic heterocycles. The molecule has 3 heterocycles. The Balaban J connectivity index is 1.40. The van der Waals surface area contributed by atoms with Crippen molar-refractivity contribution >= 4 is 41.0 Å². The van der Waals surface area contributed by atoms with Gasteiger partial charge in [-0.2, -0.15) is 0 Å². The maximum Gasteiger partial charge on any atom is 0.236 e. The molecule has 0 radical (unpaired) electrons. The number of pyridine rings is 1. The predicted molar refractivity (Wildman–Crippen MR) is 108 cm³/mol. The number of thioether (sulfide) groups is 1. The molecular formula is C18H23ClN6OS. The van der Waals surface area contributed by atoms with E-state index < -0.39 is 0 Å². The molecule has 2 aromatic heterocycles. The van der Waals surface area contributed by atoms with Gasteiger partial charge in [0.15, 0.2) is 5.16 Å². The summed E-state index contributed by atoms with van der Waals surface area (Å²) in [6.07, 6.45) is 6.21. The van der Waals surface area contributed by atoms with Crippen molar-refractivity contribution in [3.63, 3.8) is 0 Å². The van der Waals surface area contributed by atoms with Crippen LogP contribution in [-0.2, 0) is 4.79 Å². The highest BCUT2D eigenvalue weighted by Gasteiger charge is 2.32. The number of amides is 1. The van der Waals surface area contributed by atoms with Gasteiger partial charge >= 0.3 is 0 Å². The third-order valence-corrected chi connectivity index (χ3v) is 6.12. The average Bonchev–Trinajstić information content (AvgIpc) is 3.42. The first-order valence-corrected chi connectivity index (χ1v) is 10.7. The monoisotopic (exact) mass is 406 g/mol. The van der Waals surface area contributed by atoms with E-state index in [1.165, 1.54) is 30.8 Å². The molecule has 2 aromatic rings. The number of hydrogen-bond donors (Lipinski definition) is 1. The number of aromatic nitrogens is 4. The number of anilines is 2. The largest absolute Gasteiger partial charge is 0.341 e. The van der Waals surface area contributed by atoms with Crippen LogP contribution in [0.3, 0.4) is 0 Å². The molecule has 0 aromatic carbocycles. The summed E-state index contributed by atoms with van der Waals surface area (Å²) in [4.78, 5) is 18.7. The van der Waals surface area contributed by atoms with Crippen LogP contribution in [0.5, 0.6) is 0 Å². The first kappa shape index (κ1) is 18.6. The van der Waals surface area contributed by atoms with Crippen LogP contribution in [0.1, 0.15) is 38.6 Å².